The van der Waals surface area contributed by atoms with Crippen LogP contribution in [-0.2, 0) is 0 Å². The fourth-order valence-electron chi connectivity index (χ4n) is 7.39. The Morgan fingerprint density at radius 2 is 0.727 bits per heavy atom. The van der Waals surface area contributed by atoms with E-state index in [0.717, 1.165) is 56.0 Å². The van der Waals surface area contributed by atoms with Gasteiger partial charge >= 0.3 is 0 Å². The highest BCUT2D eigenvalue weighted by Gasteiger charge is 2.22. The lowest BCUT2D eigenvalue weighted by Gasteiger charge is -2.12. The minimum absolute atomic E-state index is 0.713. The molecule has 3 aromatic heterocycles. The molecule has 3 nitrogen and oxygen atoms in total. The molecule has 0 amide bonds. The van der Waals surface area contributed by atoms with E-state index in [0.29, 0.717) is 5.82 Å². The van der Waals surface area contributed by atoms with Crippen molar-refractivity contribution in [3.05, 3.63) is 200 Å². The molecule has 0 saturated heterocycles. The summed E-state index contributed by atoms with van der Waals surface area (Å²) in [5.74, 6) is 0.713. The second-order valence-corrected chi connectivity index (χ2v) is 14.6. The second-order valence-electron chi connectivity index (χ2n) is 13.6. The summed E-state index contributed by atoms with van der Waals surface area (Å²) in [6.45, 7) is 0. The number of pyridine rings is 1. The van der Waals surface area contributed by atoms with Crippen LogP contribution in [-0.4, -0.2) is 15.0 Å². The van der Waals surface area contributed by atoms with Gasteiger partial charge < -0.3 is 0 Å². The van der Waals surface area contributed by atoms with E-state index in [1.54, 1.807) is 0 Å². The van der Waals surface area contributed by atoms with E-state index in [1.807, 2.05) is 47.7 Å². The summed E-state index contributed by atoms with van der Waals surface area (Å²) in [4.78, 5) is 17.8. The van der Waals surface area contributed by atoms with Crippen molar-refractivity contribution in [1.82, 2.24) is 15.0 Å². The van der Waals surface area contributed by atoms with Crippen molar-refractivity contribution in [1.29, 1.82) is 0 Å². The first-order valence-corrected chi connectivity index (χ1v) is 19.3. The molecule has 4 heteroatoms. The van der Waals surface area contributed by atoms with Crippen LogP contribution in [0.2, 0.25) is 0 Å². The maximum Gasteiger partial charge on any atom is 0.160 e. The zero-order valence-electron chi connectivity index (χ0n) is 29.8. The van der Waals surface area contributed by atoms with E-state index in [1.165, 1.54) is 37.0 Å². The molecule has 0 N–H and O–H groups in total. The van der Waals surface area contributed by atoms with Gasteiger partial charge in [-0.2, -0.15) is 0 Å². The van der Waals surface area contributed by atoms with Crippen LogP contribution in [0.25, 0.3) is 98.8 Å². The number of para-hydroxylation sites is 1. The molecule has 0 unspecified atom stereocenters. The Kier molecular flexibility index (Phi) is 8.36. The number of aromatic nitrogens is 3. The summed E-state index contributed by atoms with van der Waals surface area (Å²) in [6, 6.07) is 70.1. The standard InChI is InChI=1S/C51H33N3S/c1-5-15-36(16-6-1)44-33-45(54-51(53-44)41-21-11-4-12-22-41)37-29-25-34(26-30-37)35-27-31-38(32-28-35)48-47-46(42-23-13-14-24-43(42)52-48)49(39-17-7-2-8-18-39)55-50(47)40-19-9-3-10-20-40/h1-33H. The zero-order valence-corrected chi connectivity index (χ0v) is 30.6. The van der Waals surface area contributed by atoms with E-state index in [-0.39, 0.29) is 0 Å². The van der Waals surface area contributed by atoms with Crippen molar-refractivity contribution in [2.45, 2.75) is 0 Å². The van der Waals surface area contributed by atoms with Crippen LogP contribution in [0.5, 0.6) is 0 Å². The first kappa shape index (κ1) is 32.6. The van der Waals surface area contributed by atoms with E-state index >= 15 is 0 Å². The first-order chi connectivity index (χ1) is 27.3. The van der Waals surface area contributed by atoms with Crippen LogP contribution >= 0.6 is 11.3 Å². The van der Waals surface area contributed by atoms with Gasteiger partial charge in [0.15, 0.2) is 5.82 Å². The van der Waals surface area contributed by atoms with E-state index in [9.17, 15) is 0 Å². The fourth-order valence-corrected chi connectivity index (χ4v) is 8.72. The van der Waals surface area contributed by atoms with E-state index in [4.69, 9.17) is 15.0 Å². The first-order valence-electron chi connectivity index (χ1n) is 18.4. The van der Waals surface area contributed by atoms with Gasteiger partial charge in [0.05, 0.1) is 22.6 Å². The predicted octanol–water partition coefficient (Wildman–Crippen LogP) is 13.9. The highest BCUT2D eigenvalue weighted by molar-refractivity contribution is 7.21. The van der Waals surface area contributed by atoms with Crippen LogP contribution in [0.3, 0.4) is 0 Å². The van der Waals surface area contributed by atoms with Crippen molar-refractivity contribution in [3.63, 3.8) is 0 Å². The van der Waals surface area contributed by atoms with Gasteiger partial charge in [-0.25, -0.2) is 15.0 Å². The van der Waals surface area contributed by atoms with Gasteiger partial charge in [0, 0.05) is 48.2 Å². The fraction of sp³-hybridized carbons (Fsp3) is 0. The highest BCUT2D eigenvalue weighted by atomic mass is 32.1. The van der Waals surface area contributed by atoms with Crippen molar-refractivity contribution in [3.8, 4) is 77.2 Å². The van der Waals surface area contributed by atoms with E-state index < -0.39 is 0 Å². The molecule has 55 heavy (non-hydrogen) atoms. The molecule has 7 aromatic carbocycles. The van der Waals surface area contributed by atoms with Crippen molar-refractivity contribution in [2.75, 3.05) is 0 Å². The number of thiophene rings is 1. The zero-order chi connectivity index (χ0) is 36.6. The number of fused-ring (bicyclic) bond motifs is 3. The molecule has 3 heterocycles. The highest BCUT2D eigenvalue weighted by Crippen LogP contribution is 2.49. The molecule has 0 atom stereocenters. The van der Waals surface area contributed by atoms with Crippen LogP contribution < -0.4 is 0 Å². The summed E-state index contributed by atoms with van der Waals surface area (Å²) in [5.41, 5.74) is 12.7. The van der Waals surface area contributed by atoms with Gasteiger partial charge in [-0.3, -0.25) is 0 Å². The third-order valence-corrected chi connectivity index (χ3v) is 11.4. The lowest BCUT2D eigenvalue weighted by molar-refractivity contribution is 1.18. The molecular formula is C51H33N3S. The van der Waals surface area contributed by atoms with Gasteiger partial charge in [0.2, 0.25) is 0 Å². The van der Waals surface area contributed by atoms with Gasteiger partial charge in [0.25, 0.3) is 0 Å². The topological polar surface area (TPSA) is 38.7 Å². The van der Waals surface area contributed by atoms with Gasteiger partial charge in [0.1, 0.15) is 0 Å². The van der Waals surface area contributed by atoms with E-state index in [2.05, 4.69) is 164 Å². The molecule has 10 rings (SSSR count). The molecule has 0 spiro atoms. The molecule has 10 aromatic rings. The third kappa shape index (κ3) is 6.19. The summed E-state index contributed by atoms with van der Waals surface area (Å²) >= 11 is 1.85. The Labute approximate surface area is 323 Å². The molecule has 0 aliphatic heterocycles. The van der Waals surface area contributed by atoms with Crippen LogP contribution in [0.15, 0.2) is 200 Å². The van der Waals surface area contributed by atoms with Crippen LogP contribution in [0, 0.1) is 0 Å². The second kappa shape index (κ2) is 14.1. The Hall–Kier alpha value is -7.01. The largest absolute Gasteiger partial charge is 0.247 e. The lowest BCUT2D eigenvalue weighted by atomic mass is 9.95. The van der Waals surface area contributed by atoms with Crippen molar-refractivity contribution >= 4 is 33.0 Å². The molecule has 258 valence electrons. The minimum Gasteiger partial charge on any atom is -0.247 e. The Morgan fingerprint density at radius 3 is 1.29 bits per heavy atom. The molecule has 0 aliphatic carbocycles. The summed E-state index contributed by atoms with van der Waals surface area (Å²) in [5, 5.41) is 3.62. The average Bonchev–Trinajstić information content (AvgIpc) is 3.69. The maximum absolute atomic E-state index is 5.37. The van der Waals surface area contributed by atoms with Gasteiger partial charge in [-0.15, -0.1) is 11.3 Å². The molecule has 0 bridgehead atoms. The Morgan fingerprint density at radius 1 is 0.309 bits per heavy atom. The minimum atomic E-state index is 0.713. The maximum atomic E-state index is 5.37. The van der Waals surface area contributed by atoms with Crippen LogP contribution in [0.1, 0.15) is 0 Å². The summed E-state index contributed by atoms with van der Waals surface area (Å²) < 4.78 is 0. The number of hydrogen-bond donors (Lipinski definition) is 0. The molecule has 0 fully saturated rings. The molecule has 0 radical (unpaired) electrons. The third-order valence-electron chi connectivity index (χ3n) is 10.1. The average molecular weight is 720 g/mol. The van der Waals surface area contributed by atoms with Crippen molar-refractivity contribution in [2.24, 2.45) is 0 Å². The number of benzene rings is 7. The van der Waals surface area contributed by atoms with Crippen LogP contribution in [0.4, 0.5) is 0 Å². The number of rotatable bonds is 7. The summed E-state index contributed by atoms with van der Waals surface area (Å²) in [7, 11) is 0. The number of nitrogens with zero attached hydrogens (tertiary/aromatic N) is 3. The Bertz CT molecular complexity index is 2870. The predicted molar refractivity (Wildman–Crippen MR) is 231 cm³/mol. The quantitative estimate of drug-likeness (QED) is 0.165. The number of hydrogen-bond acceptors (Lipinski definition) is 4. The SMILES string of the molecule is c1ccc(-c2cc(-c3ccc(-c4ccc(-c5nc6ccccc6c6c(-c7ccccc7)sc(-c7ccccc7)c56)cc4)cc3)nc(-c3ccccc3)n2)cc1. The molecule has 0 saturated carbocycles. The summed E-state index contributed by atoms with van der Waals surface area (Å²) in [6.07, 6.45) is 0. The smallest absolute Gasteiger partial charge is 0.160 e. The van der Waals surface area contributed by atoms with Crippen molar-refractivity contribution < 1.29 is 0 Å². The van der Waals surface area contributed by atoms with Gasteiger partial charge in [-0.05, 0) is 34.4 Å². The lowest BCUT2D eigenvalue weighted by Crippen LogP contribution is -1.95. The monoisotopic (exact) mass is 719 g/mol. The Balaban J connectivity index is 1.05. The van der Waals surface area contributed by atoms with Gasteiger partial charge in [-0.1, -0.05) is 188 Å². The molecule has 0 aliphatic rings. The normalized spacial score (nSPS) is 11.3. The molecular weight excluding hydrogens is 687 g/mol.